The Morgan fingerprint density at radius 3 is 3.00 bits per heavy atom. The van der Waals surface area contributed by atoms with Crippen molar-refractivity contribution in [1.82, 2.24) is 24.9 Å². The molecule has 7 nitrogen and oxygen atoms in total. The quantitative estimate of drug-likeness (QED) is 0.676. The lowest BCUT2D eigenvalue weighted by atomic mass is 10.3. The van der Waals surface area contributed by atoms with Crippen LogP contribution in [0, 0.1) is 0 Å². The molecular formula is C16H18N6O. The van der Waals surface area contributed by atoms with Gasteiger partial charge in [-0.05, 0) is 37.5 Å². The highest BCUT2D eigenvalue weighted by molar-refractivity contribution is 5.54. The van der Waals surface area contributed by atoms with Gasteiger partial charge in [-0.2, -0.15) is 10.1 Å². The average molecular weight is 310 g/mol. The standard InChI is InChI=1S/C16H18N6O/c1(9-22-10-2-8-19-22)7-17-14-6-5-13(11-18-14)16-20-15(21-23-16)12-3-4-12/h2,5-6,8,10-12H,1,3-4,7,9H2,(H,17,18). The number of hydrogen-bond donors (Lipinski definition) is 1. The molecule has 0 spiro atoms. The monoisotopic (exact) mass is 310 g/mol. The predicted octanol–water partition coefficient (Wildman–Crippen LogP) is 2.71. The van der Waals surface area contributed by atoms with Gasteiger partial charge < -0.3 is 9.84 Å². The molecule has 0 bridgehead atoms. The minimum atomic E-state index is 0.496. The van der Waals surface area contributed by atoms with Gasteiger partial charge in [0.05, 0.1) is 5.56 Å². The van der Waals surface area contributed by atoms with Crippen molar-refractivity contribution in [3.63, 3.8) is 0 Å². The molecule has 3 aromatic rings. The number of rotatable bonds is 7. The molecule has 1 aliphatic carbocycles. The van der Waals surface area contributed by atoms with Gasteiger partial charge in [0.1, 0.15) is 5.82 Å². The van der Waals surface area contributed by atoms with Gasteiger partial charge in [-0.15, -0.1) is 0 Å². The Labute approximate surface area is 133 Å². The SMILES string of the molecule is c1cnn(CCCNc2ccc(-c3nc(C4CC4)no3)cn2)c1. The molecule has 1 N–H and O–H groups in total. The molecule has 3 aromatic heterocycles. The fourth-order valence-electron chi connectivity index (χ4n) is 2.37. The van der Waals surface area contributed by atoms with Crippen molar-refractivity contribution in [3.05, 3.63) is 42.6 Å². The zero-order valence-electron chi connectivity index (χ0n) is 12.7. The highest BCUT2D eigenvalue weighted by Gasteiger charge is 2.28. The summed E-state index contributed by atoms with van der Waals surface area (Å²) >= 11 is 0. The normalized spacial score (nSPS) is 14.1. The van der Waals surface area contributed by atoms with Gasteiger partial charge in [0.25, 0.3) is 5.89 Å². The molecule has 0 aromatic carbocycles. The maximum Gasteiger partial charge on any atom is 0.259 e. The van der Waals surface area contributed by atoms with E-state index in [1.165, 1.54) is 12.8 Å². The minimum absolute atomic E-state index is 0.496. The van der Waals surface area contributed by atoms with Crippen LogP contribution in [0.2, 0.25) is 0 Å². The Bertz CT molecular complexity index is 745. The molecule has 0 radical (unpaired) electrons. The van der Waals surface area contributed by atoms with Crippen LogP contribution in [0.3, 0.4) is 0 Å². The number of nitrogens with one attached hydrogen (secondary N) is 1. The summed E-state index contributed by atoms with van der Waals surface area (Å²) in [4.78, 5) is 8.83. The molecule has 0 unspecified atom stereocenters. The van der Waals surface area contributed by atoms with Crippen LogP contribution in [0.25, 0.3) is 11.5 Å². The highest BCUT2D eigenvalue weighted by Crippen LogP contribution is 2.38. The summed E-state index contributed by atoms with van der Waals surface area (Å²) in [5, 5.41) is 11.5. The van der Waals surface area contributed by atoms with Crippen molar-refractivity contribution in [2.75, 3.05) is 11.9 Å². The molecule has 0 aliphatic heterocycles. The van der Waals surface area contributed by atoms with Crippen molar-refractivity contribution in [2.45, 2.75) is 31.7 Å². The van der Waals surface area contributed by atoms with Crippen molar-refractivity contribution < 1.29 is 4.52 Å². The molecule has 23 heavy (non-hydrogen) atoms. The van der Waals surface area contributed by atoms with Gasteiger partial charge in [0.15, 0.2) is 5.82 Å². The molecule has 3 heterocycles. The van der Waals surface area contributed by atoms with E-state index in [1.807, 2.05) is 29.1 Å². The van der Waals surface area contributed by atoms with E-state index in [-0.39, 0.29) is 0 Å². The molecule has 1 aliphatic rings. The van der Waals surface area contributed by atoms with E-state index in [4.69, 9.17) is 4.52 Å². The third-order valence-corrected chi connectivity index (χ3v) is 3.82. The van der Waals surface area contributed by atoms with E-state index < -0.39 is 0 Å². The predicted molar refractivity (Wildman–Crippen MR) is 84.8 cm³/mol. The van der Waals surface area contributed by atoms with Gasteiger partial charge in [-0.1, -0.05) is 5.16 Å². The Balaban J connectivity index is 1.30. The van der Waals surface area contributed by atoms with E-state index in [9.17, 15) is 0 Å². The van der Waals surface area contributed by atoms with Gasteiger partial charge in [-0.3, -0.25) is 4.68 Å². The lowest BCUT2D eigenvalue weighted by Gasteiger charge is -2.05. The maximum absolute atomic E-state index is 5.30. The second kappa shape index (κ2) is 6.20. The van der Waals surface area contributed by atoms with Crippen LogP contribution in [-0.2, 0) is 6.54 Å². The first-order valence-electron chi connectivity index (χ1n) is 7.90. The zero-order chi connectivity index (χ0) is 15.5. The van der Waals surface area contributed by atoms with Gasteiger partial charge in [0.2, 0.25) is 0 Å². The molecule has 0 atom stereocenters. The Kier molecular flexibility index (Phi) is 3.75. The third-order valence-electron chi connectivity index (χ3n) is 3.82. The second-order valence-electron chi connectivity index (χ2n) is 5.71. The number of hydrogen-bond acceptors (Lipinski definition) is 6. The lowest BCUT2D eigenvalue weighted by Crippen LogP contribution is -2.07. The Morgan fingerprint density at radius 1 is 1.30 bits per heavy atom. The summed E-state index contributed by atoms with van der Waals surface area (Å²) in [5.74, 6) is 2.71. The van der Waals surface area contributed by atoms with Crippen molar-refractivity contribution >= 4 is 5.82 Å². The van der Waals surface area contributed by atoms with Crippen LogP contribution in [-0.4, -0.2) is 31.4 Å². The minimum Gasteiger partial charge on any atom is -0.370 e. The number of aromatic nitrogens is 5. The molecule has 118 valence electrons. The number of pyridine rings is 1. The molecule has 4 rings (SSSR count). The molecule has 1 fully saturated rings. The van der Waals surface area contributed by atoms with Crippen molar-refractivity contribution in [3.8, 4) is 11.5 Å². The van der Waals surface area contributed by atoms with E-state index in [1.54, 1.807) is 12.4 Å². The Morgan fingerprint density at radius 2 is 2.26 bits per heavy atom. The van der Waals surface area contributed by atoms with E-state index in [2.05, 4.69) is 25.5 Å². The number of aryl methyl sites for hydroxylation is 1. The van der Waals surface area contributed by atoms with Crippen LogP contribution in [0.15, 0.2) is 41.3 Å². The fourth-order valence-corrected chi connectivity index (χ4v) is 2.37. The first-order valence-corrected chi connectivity index (χ1v) is 7.90. The number of anilines is 1. The van der Waals surface area contributed by atoms with Crippen LogP contribution in [0.5, 0.6) is 0 Å². The summed E-state index contributed by atoms with van der Waals surface area (Å²) in [6, 6.07) is 5.82. The summed E-state index contributed by atoms with van der Waals surface area (Å²) < 4.78 is 7.22. The zero-order valence-corrected chi connectivity index (χ0v) is 12.7. The van der Waals surface area contributed by atoms with Gasteiger partial charge in [-0.25, -0.2) is 4.98 Å². The fraction of sp³-hybridized carbons (Fsp3) is 0.375. The first-order chi connectivity index (χ1) is 11.4. The second-order valence-corrected chi connectivity index (χ2v) is 5.71. The smallest absolute Gasteiger partial charge is 0.259 e. The average Bonchev–Trinajstić information content (AvgIpc) is 3.11. The summed E-state index contributed by atoms with van der Waals surface area (Å²) in [7, 11) is 0. The largest absolute Gasteiger partial charge is 0.370 e. The van der Waals surface area contributed by atoms with Crippen molar-refractivity contribution in [1.29, 1.82) is 0 Å². The van der Waals surface area contributed by atoms with Crippen LogP contribution in [0.1, 0.15) is 31.0 Å². The first kappa shape index (κ1) is 13.9. The topological polar surface area (TPSA) is 81.7 Å². The summed E-state index contributed by atoms with van der Waals surface area (Å²) in [5.41, 5.74) is 0.853. The number of nitrogens with zero attached hydrogens (tertiary/aromatic N) is 5. The maximum atomic E-state index is 5.30. The van der Waals surface area contributed by atoms with Crippen molar-refractivity contribution in [2.24, 2.45) is 0 Å². The van der Waals surface area contributed by atoms with Crippen LogP contribution < -0.4 is 5.32 Å². The van der Waals surface area contributed by atoms with Gasteiger partial charge in [0, 0.05) is 37.6 Å². The molecule has 7 heteroatoms. The summed E-state index contributed by atoms with van der Waals surface area (Å²) in [6.45, 7) is 1.74. The molecular weight excluding hydrogens is 292 g/mol. The van der Waals surface area contributed by atoms with Crippen LogP contribution >= 0.6 is 0 Å². The third kappa shape index (κ3) is 3.39. The van der Waals surface area contributed by atoms with E-state index >= 15 is 0 Å². The lowest BCUT2D eigenvalue weighted by molar-refractivity contribution is 0.422. The molecule has 0 amide bonds. The van der Waals surface area contributed by atoms with E-state index in [0.717, 1.165) is 36.7 Å². The molecule has 1 saturated carbocycles. The molecule has 0 saturated heterocycles. The van der Waals surface area contributed by atoms with E-state index in [0.29, 0.717) is 11.8 Å². The van der Waals surface area contributed by atoms with Crippen LogP contribution in [0.4, 0.5) is 5.82 Å². The Hall–Kier alpha value is -2.70. The highest BCUT2D eigenvalue weighted by atomic mass is 16.5. The van der Waals surface area contributed by atoms with Gasteiger partial charge >= 0.3 is 0 Å². The summed E-state index contributed by atoms with van der Waals surface area (Å²) in [6.07, 6.45) is 8.84.